The van der Waals surface area contributed by atoms with Crippen LogP contribution in [-0.4, -0.2) is 4.98 Å². The van der Waals surface area contributed by atoms with Gasteiger partial charge in [0.1, 0.15) is 7.05 Å². The average molecular weight is 504 g/mol. The summed E-state index contributed by atoms with van der Waals surface area (Å²) >= 11 is 0. The molecule has 1 saturated carbocycles. The first kappa shape index (κ1) is 23.9. The Morgan fingerprint density at radius 3 is 2.45 bits per heavy atom. The second kappa shape index (κ2) is 8.15. The van der Waals surface area contributed by atoms with E-state index in [1.165, 1.54) is 77.4 Å². The summed E-state index contributed by atoms with van der Waals surface area (Å²) in [5.41, 5.74) is 11.0. The van der Waals surface area contributed by atoms with Gasteiger partial charge in [0.2, 0.25) is 11.4 Å². The fourth-order valence-corrected chi connectivity index (χ4v) is 7.39. The molecule has 0 saturated heterocycles. The molecule has 0 spiro atoms. The maximum atomic E-state index is 6.73. The number of hydrogen-bond donors (Lipinski definition) is 0. The number of aryl methyl sites for hydroxylation is 2. The second-order valence-corrected chi connectivity index (χ2v) is 13.3. The third-order valence-corrected chi connectivity index (χ3v) is 9.85. The van der Waals surface area contributed by atoms with Crippen molar-refractivity contribution in [2.45, 2.75) is 89.9 Å². The molecule has 2 aromatic carbocycles. The minimum absolute atomic E-state index is 0.0905. The quantitative estimate of drug-likeness (QED) is 0.225. The van der Waals surface area contributed by atoms with Crippen molar-refractivity contribution in [3.05, 3.63) is 70.9 Å². The van der Waals surface area contributed by atoms with E-state index in [0.717, 1.165) is 27.6 Å². The molecule has 0 bridgehead atoms. The van der Waals surface area contributed by atoms with Gasteiger partial charge in [-0.25, -0.2) is 9.55 Å². The highest BCUT2D eigenvalue weighted by Gasteiger charge is 2.39. The minimum atomic E-state index is 0.0905. The van der Waals surface area contributed by atoms with Crippen LogP contribution in [0.1, 0.15) is 94.4 Å². The van der Waals surface area contributed by atoms with Gasteiger partial charge in [0, 0.05) is 28.3 Å². The fourth-order valence-electron chi connectivity index (χ4n) is 7.39. The number of fused-ring (bicyclic) bond motifs is 6. The topological polar surface area (TPSA) is 29.9 Å². The monoisotopic (exact) mass is 503 g/mol. The van der Waals surface area contributed by atoms with Gasteiger partial charge in [0.15, 0.2) is 11.8 Å². The van der Waals surface area contributed by atoms with Crippen molar-refractivity contribution < 1.29 is 8.98 Å². The molecule has 2 aliphatic carbocycles. The van der Waals surface area contributed by atoms with Crippen LogP contribution < -0.4 is 4.57 Å². The molecule has 1 fully saturated rings. The summed E-state index contributed by atoms with van der Waals surface area (Å²) < 4.78 is 8.98. The van der Waals surface area contributed by atoms with Gasteiger partial charge in [-0.15, -0.1) is 0 Å². The number of benzene rings is 2. The molecule has 0 aliphatic heterocycles. The van der Waals surface area contributed by atoms with E-state index in [1.54, 1.807) is 0 Å². The zero-order valence-corrected chi connectivity index (χ0v) is 23.7. The predicted molar refractivity (Wildman–Crippen MR) is 157 cm³/mol. The Bertz CT molecular complexity index is 1750. The maximum Gasteiger partial charge on any atom is 0.227 e. The lowest BCUT2D eigenvalue weighted by Crippen LogP contribution is -2.34. The van der Waals surface area contributed by atoms with E-state index in [9.17, 15) is 0 Å². The van der Waals surface area contributed by atoms with E-state index in [0.29, 0.717) is 5.92 Å². The number of hydrogen-bond acceptors (Lipinski definition) is 2. The first-order valence-electron chi connectivity index (χ1n) is 14.4. The SMILES string of the molecule is Cc1ccc2c(oc3nc4c5c(ccc4cc32)C(C)(C)CCC5(C)C)c1-c1cc(C2CCCC2)cc[n+]1C. The van der Waals surface area contributed by atoms with Crippen LogP contribution in [0.2, 0.25) is 0 Å². The number of furan rings is 1. The predicted octanol–water partition coefficient (Wildman–Crippen LogP) is 8.94. The first-order chi connectivity index (χ1) is 18.1. The summed E-state index contributed by atoms with van der Waals surface area (Å²) in [5, 5.41) is 3.47. The lowest BCUT2D eigenvalue weighted by molar-refractivity contribution is -0.660. The highest BCUT2D eigenvalue weighted by atomic mass is 16.3. The van der Waals surface area contributed by atoms with Gasteiger partial charge in [-0.3, -0.25) is 0 Å². The third-order valence-electron chi connectivity index (χ3n) is 9.85. The molecule has 0 atom stereocenters. The second-order valence-electron chi connectivity index (χ2n) is 13.3. The van der Waals surface area contributed by atoms with Crippen molar-refractivity contribution in [1.29, 1.82) is 0 Å². The minimum Gasteiger partial charge on any atom is -0.437 e. The van der Waals surface area contributed by atoms with Gasteiger partial charge in [-0.05, 0) is 77.7 Å². The van der Waals surface area contributed by atoms with Gasteiger partial charge in [-0.2, -0.15) is 0 Å². The van der Waals surface area contributed by atoms with E-state index in [-0.39, 0.29) is 10.8 Å². The Morgan fingerprint density at radius 1 is 0.895 bits per heavy atom. The molecule has 3 heterocycles. The number of rotatable bonds is 2. The lowest BCUT2D eigenvalue weighted by Gasteiger charge is -2.42. The number of aromatic nitrogens is 2. The Kier molecular flexibility index (Phi) is 5.12. The van der Waals surface area contributed by atoms with Crippen LogP contribution in [0.4, 0.5) is 0 Å². The summed E-state index contributed by atoms with van der Waals surface area (Å²) in [6.07, 6.45) is 9.89. The smallest absolute Gasteiger partial charge is 0.227 e. The molecule has 2 aliphatic rings. The number of pyridine rings is 2. The van der Waals surface area contributed by atoms with Crippen molar-refractivity contribution in [2.75, 3.05) is 0 Å². The molecule has 0 N–H and O–H groups in total. The first-order valence-corrected chi connectivity index (χ1v) is 14.4. The van der Waals surface area contributed by atoms with Crippen LogP contribution in [0.25, 0.3) is 44.2 Å². The molecule has 0 unspecified atom stereocenters. The molecular formula is C35H39N2O+. The molecule has 3 nitrogen and oxygen atoms in total. The summed E-state index contributed by atoms with van der Waals surface area (Å²) in [5.74, 6) is 0.677. The maximum absolute atomic E-state index is 6.73. The molecule has 7 rings (SSSR count). The van der Waals surface area contributed by atoms with Crippen LogP contribution in [0.15, 0.2) is 53.1 Å². The van der Waals surface area contributed by atoms with Gasteiger partial charge in [0.25, 0.3) is 0 Å². The normalized spacial score (nSPS) is 19.0. The summed E-state index contributed by atoms with van der Waals surface area (Å²) in [7, 11) is 2.15. The van der Waals surface area contributed by atoms with Crippen molar-refractivity contribution in [3.8, 4) is 11.3 Å². The van der Waals surface area contributed by atoms with Crippen LogP contribution in [0.5, 0.6) is 0 Å². The van der Waals surface area contributed by atoms with Gasteiger partial charge in [-0.1, -0.05) is 64.8 Å². The van der Waals surface area contributed by atoms with Crippen molar-refractivity contribution in [1.82, 2.24) is 4.98 Å². The fraction of sp³-hybridized carbons (Fsp3) is 0.429. The molecule has 38 heavy (non-hydrogen) atoms. The van der Waals surface area contributed by atoms with E-state index in [2.05, 4.69) is 94.9 Å². The molecule has 0 radical (unpaired) electrons. The Balaban J connectivity index is 1.50. The molecule has 3 heteroatoms. The van der Waals surface area contributed by atoms with E-state index >= 15 is 0 Å². The van der Waals surface area contributed by atoms with Crippen LogP contribution >= 0.6 is 0 Å². The van der Waals surface area contributed by atoms with E-state index < -0.39 is 0 Å². The van der Waals surface area contributed by atoms with Gasteiger partial charge < -0.3 is 4.42 Å². The zero-order valence-electron chi connectivity index (χ0n) is 23.7. The largest absolute Gasteiger partial charge is 0.437 e. The molecule has 194 valence electrons. The van der Waals surface area contributed by atoms with Crippen LogP contribution in [-0.2, 0) is 17.9 Å². The van der Waals surface area contributed by atoms with Crippen molar-refractivity contribution in [2.24, 2.45) is 7.05 Å². The van der Waals surface area contributed by atoms with Crippen LogP contribution in [0.3, 0.4) is 0 Å². The number of nitrogens with zero attached hydrogens (tertiary/aromatic N) is 2. The molecule has 5 aromatic rings. The highest BCUT2D eigenvalue weighted by Crippen LogP contribution is 2.49. The van der Waals surface area contributed by atoms with E-state index in [4.69, 9.17) is 9.40 Å². The van der Waals surface area contributed by atoms with E-state index in [1.807, 2.05) is 0 Å². The summed E-state index contributed by atoms with van der Waals surface area (Å²) in [6.45, 7) is 11.7. The average Bonchev–Trinajstić information content (AvgIpc) is 3.54. The molecule has 3 aromatic heterocycles. The summed E-state index contributed by atoms with van der Waals surface area (Å²) in [6, 6.07) is 16.2. The van der Waals surface area contributed by atoms with Gasteiger partial charge in [0.05, 0.1) is 11.1 Å². The van der Waals surface area contributed by atoms with Crippen LogP contribution in [0, 0.1) is 6.92 Å². The lowest BCUT2D eigenvalue weighted by atomic mass is 9.62. The standard InChI is InChI=1S/C35H39N2O/c1-21-11-13-25-26-19-24-12-14-27-30(35(4,5)17-16-34(27,2)3)31(24)36-33(26)38-32(25)29(21)28-20-23(15-18-37(28)6)22-9-7-8-10-22/h11-15,18-20,22H,7-10,16-17H2,1-6H3/q+1. The molecular weight excluding hydrogens is 464 g/mol. The Hall–Kier alpha value is -3.20. The van der Waals surface area contributed by atoms with Gasteiger partial charge >= 0.3 is 0 Å². The van der Waals surface area contributed by atoms with Crippen molar-refractivity contribution >= 4 is 33.0 Å². The zero-order chi connectivity index (χ0) is 26.4. The summed E-state index contributed by atoms with van der Waals surface area (Å²) in [4.78, 5) is 5.28. The van der Waals surface area contributed by atoms with Crippen molar-refractivity contribution in [3.63, 3.8) is 0 Å². The molecule has 0 amide bonds. The Labute approximate surface area is 225 Å². The third kappa shape index (κ3) is 3.47. The Morgan fingerprint density at radius 2 is 1.66 bits per heavy atom. The highest BCUT2D eigenvalue weighted by molar-refractivity contribution is 6.11.